The maximum absolute atomic E-state index is 12.8. The third-order valence-electron chi connectivity index (χ3n) is 2.94. The minimum atomic E-state index is -0.205. The lowest BCUT2D eigenvalue weighted by molar-refractivity contribution is 0.626. The number of aryl methyl sites for hydroxylation is 2. The van der Waals surface area contributed by atoms with Gasteiger partial charge < -0.3 is 10.3 Å². The zero-order valence-electron chi connectivity index (χ0n) is 10.9. The molecule has 0 amide bonds. The molecule has 1 unspecified atom stereocenters. The van der Waals surface area contributed by atoms with Gasteiger partial charge in [-0.3, -0.25) is 0 Å². The lowest BCUT2D eigenvalue weighted by Gasteiger charge is -2.11. The first kappa shape index (κ1) is 14.1. The lowest BCUT2D eigenvalue weighted by atomic mass is 10.2. The molecule has 1 aromatic carbocycles. The molecular formula is C14H18FN3S. The molecule has 1 atom stereocenters. The van der Waals surface area contributed by atoms with Crippen LogP contribution in [0.1, 0.15) is 12.2 Å². The van der Waals surface area contributed by atoms with Gasteiger partial charge in [-0.05, 0) is 30.7 Å². The molecule has 0 spiro atoms. The van der Waals surface area contributed by atoms with Gasteiger partial charge in [-0.25, -0.2) is 9.37 Å². The first-order valence-corrected chi connectivity index (χ1v) is 7.24. The normalized spacial score (nSPS) is 12.6. The summed E-state index contributed by atoms with van der Waals surface area (Å²) in [6.07, 6.45) is 5.52. The van der Waals surface area contributed by atoms with Crippen LogP contribution in [-0.4, -0.2) is 21.3 Å². The Bertz CT molecular complexity index is 510. The fourth-order valence-corrected chi connectivity index (χ4v) is 2.67. The van der Waals surface area contributed by atoms with Gasteiger partial charge in [-0.15, -0.1) is 11.8 Å². The Morgan fingerprint density at radius 3 is 2.74 bits per heavy atom. The molecule has 1 aromatic heterocycles. The van der Waals surface area contributed by atoms with E-state index in [0.717, 1.165) is 29.3 Å². The molecule has 2 N–H and O–H groups in total. The van der Waals surface area contributed by atoms with Crippen molar-refractivity contribution in [3.63, 3.8) is 0 Å². The molecule has 1 heterocycles. The third-order valence-corrected chi connectivity index (χ3v) is 4.14. The van der Waals surface area contributed by atoms with Crippen LogP contribution in [0.5, 0.6) is 0 Å². The number of rotatable bonds is 6. The van der Waals surface area contributed by atoms with E-state index in [9.17, 15) is 4.39 Å². The first-order chi connectivity index (χ1) is 9.15. The van der Waals surface area contributed by atoms with Crippen LogP contribution < -0.4 is 5.73 Å². The minimum Gasteiger partial charge on any atom is -0.338 e. The third kappa shape index (κ3) is 4.36. The fourth-order valence-electron chi connectivity index (χ4n) is 1.77. The summed E-state index contributed by atoms with van der Waals surface area (Å²) in [6, 6.07) is 6.63. The summed E-state index contributed by atoms with van der Waals surface area (Å²) in [5.41, 5.74) is 6.09. The average Bonchev–Trinajstić information content (AvgIpc) is 2.81. The molecule has 0 aliphatic rings. The minimum absolute atomic E-state index is 0.117. The van der Waals surface area contributed by atoms with Gasteiger partial charge in [-0.1, -0.05) is 0 Å². The van der Waals surface area contributed by atoms with E-state index in [-0.39, 0.29) is 11.9 Å². The van der Waals surface area contributed by atoms with Crippen molar-refractivity contribution in [3.05, 3.63) is 48.3 Å². The highest BCUT2D eigenvalue weighted by Gasteiger charge is 2.06. The van der Waals surface area contributed by atoms with Gasteiger partial charge in [0.1, 0.15) is 11.6 Å². The Morgan fingerprint density at radius 1 is 1.37 bits per heavy atom. The zero-order chi connectivity index (χ0) is 13.7. The van der Waals surface area contributed by atoms with Crippen LogP contribution in [0, 0.1) is 5.82 Å². The van der Waals surface area contributed by atoms with Crippen molar-refractivity contribution in [1.29, 1.82) is 0 Å². The molecule has 0 radical (unpaired) electrons. The van der Waals surface area contributed by atoms with Crippen molar-refractivity contribution in [3.8, 4) is 0 Å². The molecular weight excluding hydrogens is 261 g/mol. The van der Waals surface area contributed by atoms with Crippen LogP contribution in [0.15, 0.2) is 41.6 Å². The molecule has 2 aromatic rings. The Hall–Kier alpha value is -1.33. The maximum atomic E-state index is 12.8. The number of thioether (sulfide) groups is 1. The highest BCUT2D eigenvalue weighted by molar-refractivity contribution is 7.99. The molecule has 5 heteroatoms. The number of aromatic nitrogens is 2. The Labute approximate surface area is 117 Å². The molecule has 0 fully saturated rings. The second-order valence-corrected chi connectivity index (χ2v) is 5.61. The van der Waals surface area contributed by atoms with Gasteiger partial charge in [0.15, 0.2) is 0 Å². The Kier molecular flexibility index (Phi) is 4.99. The van der Waals surface area contributed by atoms with Crippen LogP contribution in [-0.2, 0) is 13.5 Å². The van der Waals surface area contributed by atoms with Gasteiger partial charge in [0, 0.05) is 42.6 Å². The van der Waals surface area contributed by atoms with Crippen LogP contribution in [0.2, 0.25) is 0 Å². The molecule has 0 saturated heterocycles. The summed E-state index contributed by atoms with van der Waals surface area (Å²) >= 11 is 1.66. The van der Waals surface area contributed by atoms with Gasteiger partial charge in [0.25, 0.3) is 0 Å². The van der Waals surface area contributed by atoms with Crippen molar-refractivity contribution < 1.29 is 4.39 Å². The smallest absolute Gasteiger partial charge is 0.123 e. The van der Waals surface area contributed by atoms with Crippen LogP contribution in [0.25, 0.3) is 0 Å². The summed E-state index contributed by atoms with van der Waals surface area (Å²) in [4.78, 5) is 5.32. The molecule has 0 bridgehead atoms. The monoisotopic (exact) mass is 279 g/mol. The first-order valence-electron chi connectivity index (χ1n) is 6.25. The number of nitrogens with zero attached hydrogens (tertiary/aromatic N) is 2. The van der Waals surface area contributed by atoms with E-state index >= 15 is 0 Å². The predicted molar refractivity (Wildman–Crippen MR) is 76.6 cm³/mol. The van der Waals surface area contributed by atoms with Crippen LogP contribution in [0.4, 0.5) is 4.39 Å². The number of hydrogen-bond acceptors (Lipinski definition) is 3. The zero-order valence-corrected chi connectivity index (χ0v) is 11.7. The second kappa shape index (κ2) is 6.73. The van der Waals surface area contributed by atoms with Gasteiger partial charge in [0.05, 0.1) is 0 Å². The fraction of sp³-hybridized carbons (Fsp3) is 0.357. The molecule has 3 nitrogen and oxygen atoms in total. The van der Waals surface area contributed by atoms with E-state index in [2.05, 4.69) is 4.98 Å². The van der Waals surface area contributed by atoms with E-state index in [4.69, 9.17) is 5.73 Å². The second-order valence-electron chi connectivity index (χ2n) is 4.52. The summed E-state index contributed by atoms with van der Waals surface area (Å²) in [5, 5.41) is 0. The number of hydrogen-bond donors (Lipinski definition) is 1. The van der Waals surface area contributed by atoms with E-state index in [1.54, 1.807) is 30.1 Å². The number of halogens is 1. The quantitative estimate of drug-likeness (QED) is 0.827. The molecule has 2 rings (SSSR count). The van der Waals surface area contributed by atoms with Crippen molar-refractivity contribution in [1.82, 2.24) is 9.55 Å². The van der Waals surface area contributed by atoms with Gasteiger partial charge in [0.2, 0.25) is 0 Å². The van der Waals surface area contributed by atoms with Crippen molar-refractivity contribution in [2.45, 2.75) is 23.8 Å². The average molecular weight is 279 g/mol. The van der Waals surface area contributed by atoms with E-state index in [0.29, 0.717) is 0 Å². The predicted octanol–water partition coefficient (Wildman–Crippen LogP) is 2.61. The van der Waals surface area contributed by atoms with E-state index in [1.165, 1.54) is 12.1 Å². The summed E-state index contributed by atoms with van der Waals surface area (Å²) < 4.78 is 14.8. The molecule has 0 aliphatic carbocycles. The standard InChI is InChI=1S/C14H18FN3S/c1-18-9-8-17-14(18)7-4-12(16)10-19-13-5-2-11(15)3-6-13/h2-3,5-6,8-9,12H,4,7,10,16H2,1H3. The van der Waals surface area contributed by atoms with E-state index in [1.807, 2.05) is 17.8 Å². The molecule has 102 valence electrons. The number of imidazole rings is 1. The summed E-state index contributed by atoms with van der Waals surface area (Å²) in [5.74, 6) is 1.68. The number of benzene rings is 1. The van der Waals surface area contributed by atoms with Crippen molar-refractivity contribution in [2.24, 2.45) is 12.8 Å². The highest BCUT2D eigenvalue weighted by atomic mass is 32.2. The van der Waals surface area contributed by atoms with Crippen LogP contribution in [0.3, 0.4) is 0 Å². The van der Waals surface area contributed by atoms with Crippen molar-refractivity contribution in [2.75, 3.05) is 5.75 Å². The van der Waals surface area contributed by atoms with Gasteiger partial charge in [-0.2, -0.15) is 0 Å². The maximum Gasteiger partial charge on any atom is 0.123 e. The van der Waals surface area contributed by atoms with E-state index < -0.39 is 0 Å². The Morgan fingerprint density at radius 2 is 2.11 bits per heavy atom. The molecule has 0 saturated carbocycles. The van der Waals surface area contributed by atoms with Gasteiger partial charge >= 0.3 is 0 Å². The lowest BCUT2D eigenvalue weighted by Crippen LogP contribution is -2.24. The topological polar surface area (TPSA) is 43.8 Å². The molecule has 0 aliphatic heterocycles. The highest BCUT2D eigenvalue weighted by Crippen LogP contribution is 2.19. The SMILES string of the molecule is Cn1ccnc1CCC(N)CSc1ccc(F)cc1. The largest absolute Gasteiger partial charge is 0.338 e. The Balaban J connectivity index is 1.74. The number of nitrogens with two attached hydrogens (primary N) is 1. The van der Waals surface area contributed by atoms with Crippen LogP contribution >= 0.6 is 11.8 Å². The van der Waals surface area contributed by atoms with Crippen molar-refractivity contribution >= 4 is 11.8 Å². The molecule has 19 heavy (non-hydrogen) atoms. The summed E-state index contributed by atoms with van der Waals surface area (Å²) in [7, 11) is 1.99. The summed E-state index contributed by atoms with van der Waals surface area (Å²) in [6.45, 7) is 0.